The monoisotopic (exact) mass is 247 g/mol. The molecule has 17 heavy (non-hydrogen) atoms. The van der Waals surface area contributed by atoms with Gasteiger partial charge in [-0.3, -0.25) is 0 Å². The molecule has 0 saturated heterocycles. The van der Waals surface area contributed by atoms with E-state index in [0.29, 0.717) is 12.1 Å². The third-order valence-electron chi connectivity index (χ3n) is 2.60. The molecule has 1 unspecified atom stereocenters. The maximum absolute atomic E-state index is 13.5. The van der Waals surface area contributed by atoms with Crippen LogP contribution in [0.5, 0.6) is 0 Å². The Balaban J connectivity index is 3.40. The van der Waals surface area contributed by atoms with Crippen LogP contribution < -0.4 is 5.73 Å². The standard InChI is InChI=1S/C11H12F3NO2/c1-3-11(15,10(16)17-2)6-4-8(13)9(14)5-7(6)12/h4-5H,3,15H2,1-2H3. The Bertz CT molecular complexity index is 451. The first kappa shape index (κ1) is 13.5. The van der Waals surface area contributed by atoms with Crippen LogP contribution in [0.2, 0.25) is 0 Å². The normalized spacial score (nSPS) is 14.2. The van der Waals surface area contributed by atoms with Gasteiger partial charge in [-0.1, -0.05) is 6.92 Å². The first-order chi connectivity index (χ1) is 7.86. The van der Waals surface area contributed by atoms with Gasteiger partial charge in [-0.25, -0.2) is 18.0 Å². The number of halogens is 3. The fourth-order valence-electron chi connectivity index (χ4n) is 1.49. The zero-order chi connectivity index (χ0) is 13.2. The fraction of sp³-hybridized carbons (Fsp3) is 0.364. The number of hydrogen-bond acceptors (Lipinski definition) is 3. The number of ether oxygens (including phenoxy) is 1. The number of nitrogens with two attached hydrogens (primary N) is 1. The largest absolute Gasteiger partial charge is 0.467 e. The number of esters is 1. The van der Waals surface area contributed by atoms with Crippen molar-refractivity contribution >= 4 is 5.97 Å². The highest BCUT2D eigenvalue weighted by Crippen LogP contribution is 2.27. The van der Waals surface area contributed by atoms with Gasteiger partial charge < -0.3 is 10.5 Å². The summed E-state index contributed by atoms with van der Waals surface area (Å²) in [5.41, 5.74) is 3.44. The molecule has 0 fully saturated rings. The van der Waals surface area contributed by atoms with E-state index in [0.717, 1.165) is 7.11 Å². The summed E-state index contributed by atoms with van der Waals surface area (Å²) in [4.78, 5) is 11.5. The molecule has 0 spiro atoms. The summed E-state index contributed by atoms with van der Waals surface area (Å²) in [6.07, 6.45) is -0.0122. The van der Waals surface area contributed by atoms with Crippen molar-refractivity contribution in [1.82, 2.24) is 0 Å². The Morgan fingerprint density at radius 1 is 1.29 bits per heavy atom. The number of methoxy groups -OCH3 is 1. The molecule has 0 amide bonds. The average molecular weight is 247 g/mol. The van der Waals surface area contributed by atoms with Crippen LogP contribution in [0, 0.1) is 17.5 Å². The summed E-state index contributed by atoms with van der Waals surface area (Å²) in [6, 6.07) is 0.927. The quantitative estimate of drug-likeness (QED) is 0.655. The van der Waals surface area contributed by atoms with E-state index in [9.17, 15) is 18.0 Å². The van der Waals surface area contributed by atoms with Crippen molar-refractivity contribution in [3.63, 3.8) is 0 Å². The molecule has 0 aromatic heterocycles. The van der Waals surface area contributed by atoms with Crippen LogP contribution in [0.15, 0.2) is 12.1 Å². The summed E-state index contributed by atoms with van der Waals surface area (Å²) in [5.74, 6) is -4.60. The Morgan fingerprint density at radius 3 is 2.29 bits per heavy atom. The van der Waals surface area contributed by atoms with E-state index in [1.165, 1.54) is 6.92 Å². The number of carbonyl (C=O) groups excluding carboxylic acids is 1. The van der Waals surface area contributed by atoms with Crippen LogP contribution in [-0.4, -0.2) is 13.1 Å². The number of hydrogen-bond donors (Lipinski definition) is 1. The van der Waals surface area contributed by atoms with E-state index in [1.54, 1.807) is 0 Å². The van der Waals surface area contributed by atoms with Crippen LogP contribution in [-0.2, 0) is 15.1 Å². The molecule has 0 aliphatic carbocycles. The van der Waals surface area contributed by atoms with Crippen molar-refractivity contribution in [2.45, 2.75) is 18.9 Å². The highest BCUT2D eigenvalue weighted by molar-refractivity contribution is 5.82. The lowest BCUT2D eigenvalue weighted by Crippen LogP contribution is -2.46. The third-order valence-corrected chi connectivity index (χ3v) is 2.60. The zero-order valence-electron chi connectivity index (χ0n) is 9.39. The molecule has 1 aromatic rings. The van der Waals surface area contributed by atoms with Crippen molar-refractivity contribution in [2.75, 3.05) is 7.11 Å². The van der Waals surface area contributed by atoms with Gasteiger partial charge in [-0.15, -0.1) is 0 Å². The van der Waals surface area contributed by atoms with Crippen molar-refractivity contribution in [3.8, 4) is 0 Å². The first-order valence-electron chi connectivity index (χ1n) is 4.89. The number of carbonyl (C=O) groups is 1. The number of benzene rings is 1. The summed E-state index contributed by atoms with van der Waals surface area (Å²) in [5, 5.41) is 0. The van der Waals surface area contributed by atoms with Gasteiger partial charge in [-0.2, -0.15) is 0 Å². The second kappa shape index (κ2) is 4.75. The van der Waals surface area contributed by atoms with E-state index in [-0.39, 0.29) is 6.42 Å². The van der Waals surface area contributed by atoms with E-state index in [1.807, 2.05) is 0 Å². The minimum absolute atomic E-state index is 0.0122. The highest BCUT2D eigenvalue weighted by atomic mass is 19.2. The molecule has 1 atom stereocenters. The van der Waals surface area contributed by atoms with Gasteiger partial charge in [-0.05, 0) is 12.5 Å². The van der Waals surface area contributed by atoms with Gasteiger partial charge in [0, 0.05) is 11.6 Å². The molecular weight excluding hydrogens is 235 g/mol. The molecule has 0 saturated carbocycles. The molecule has 94 valence electrons. The predicted octanol–water partition coefficient (Wildman–Crippen LogP) is 1.84. The van der Waals surface area contributed by atoms with Gasteiger partial charge in [0.15, 0.2) is 11.6 Å². The first-order valence-corrected chi connectivity index (χ1v) is 4.89. The Kier molecular flexibility index (Phi) is 3.77. The van der Waals surface area contributed by atoms with Crippen molar-refractivity contribution < 1.29 is 22.7 Å². The van der Waals surface area contributed by atoms with Crippen LogP contribution in [0.25, 0.3) is 0 Å². The minimum Gasteiger partial charge on any atom is -0.467 e. The Morgan fingerprint density at radius 2 is 1.82 bits per heavy atom. The lowest BCUT2D eigenvalue weighted by atomic mass is 9.88. The maximum Gasteiger partial charge on any atom is 0.330 e. The Labute approximate surface area is 96.4 Å². The molecule has 0 radical (unpaired) electrons. The van der Waals surface area contributed by atoms with Gasteiger partial charge in [0.05, 0.1) is 7.11 Å². The van der Waals surface area contributed by atoms with Crippen LogP contribution in [0.3, 0.4) is 0 Å². The lowest BCUT2D eigenvalue weighted by molar-refractivity contribution is -0.147. The molecule has 0 heterocycles. The van der Waals surface area contributed by atoms with Crippen molar-refractivity contribution in [2.24, 2.45) is 5.73 Å². The molecule has 6 heteroatoms. The maximum atomic E-state index is 13.5. The SMILES string of the molecule is CCC(N)(C(=O)OC)c1cc(F)c(F)cc1F. The van der Waals surface area contributed by atoms with Gasteiger partial charge >= 0.3 is 5.97 Å². The predicted molar refractivity (Wildman–Crippen MR) is 54.5 cm³/mol. The molecule has 3 nitrogen and oxygen atoms in total. The van der Waals surface area contributed by atoms with Gasteiger partial charge in [0.25, 0.3) is 0 Å². The second-order valence-corrected chi connectivity index (χ2v) is 3.56. The molecule has 2 N–H and O–H groups in total. The summed E-state index contributed by atoms with van der Waals surface area (Å²) in [6.45, 7) is 1.51. The van der Waals surface area contributed by atoms with Crippen molar-refractivity contribution in [1.29, 1.82) is 0 Å². The lowest BCUT2D eigenvalue weighted by Gasteiger charge is -2.25. The molecular formula is C11H12F3NO2. The van der Waals surface area contributed by atoms with E-state index in [2.05, 4.69) is 4.74 Å². The van der Waals surface area contributed by atoms with Crippen LogP contribution >= 0.6 is 0 Å². The zero-order valence-corrected chi connectivity index (χ0v) is 9.39. The van der Waals surface area contributed by atoms with Crippen LogP contribution in [0.1, 0.15) is 18.9 Å². The topological polar surface area (TPSA) is 52.3 Å². The van der Waals surface area contributed by atoms with Gasteiger partial charge in [0.1, 0.15) is 11.4 Å². The number of rotatable bonds is 3. The fourth-order valence-corrected chi connectivity index (χ4v) is 1.49. The molecule has 0 bridgehead atoms. The molecule has 0 aliphatic rings. The summed E-state index contributed by atoms with van der Waals surface area (Å²) < 4.78 is 43.8. The third kappa shape index (κ3) is 2.26. The van der Waals surface area contributed by atoms with Gasteiger partial charge in [0.2, 0.25) is 0 Å². The molecule has 1 aromatic carbocycles. The minimum atomic E-state index is -1.83. The van der Waals surface area contributed by atoms with Crippen molar-refractivity contribution in [3.05, 3.63) is 35.1 Å². The summed E-state index contributed by atoms with van der Waals surface area (Å²) >= 11 is 0. The molecule has 1 rings (SSSR count). The Hall–Kier alpha value is -1.56. The van der Waals surface area contributed by atoms with E-state index < -0.39 is 34.5 Å². The van der Waals surface area contributed by atoms with E-state index in [4.69, 9.17) is 5.73 Å². The smallest absolute Gasteiger partial charge is 0.330 e. The molecule has 0 aliphatic heterocycles. The van der Waals surface area contributed by atoms with Crippen LogP contribution in [0.4, 0.5) is 13.2 Å². The summed E-state index contributed by atoms with van der Waals surface area (Å²) in [7, 11) is 1.08. The average Bonchev–Trinajstić information content (AvgIpc) is 2.31. The van der Waals surface area contributed by atoms with E-state index >= 15 is 0 Å². The second-order valence-electron chi connectivity index (χ2n) is 3.56. The highest BCUT2D eigenvalue weighted by Gasteiger charge is 2.38.